The zero-order valence-corrected chi connectivity index (χ0v) is 12.9. The zero-order valence-electron chi connectivity index (χ0n) is 12.9. The molecule has 5 heteroatoms. The van der Waals surface area contributed by atoms with Crippen molar-refractivity contribution >= 4 is 11.9 Å². The zero-order chi connectivity index (χ0) is 14.8. The third-order valence-electron chi connectivity index (χ3n) is 2.91. The molecule has 1 rings (SSSR count). The van der Waals surface area contributed by atoms with Crippen LogP contribution in [0, 0.1) is 0 Å². The first-order valence-electron chi connectivity index (χ1n) is 7.23. The van der Waals surface area contributed by atoms with Gasteiger partial charge in [-0.15, -0.1) is 0 Å². The van der Waals surface area contributed by atoms with Gasteiger partial charge in [-0.2, -0.15) is 0 Å². The van der Waals surface area contributed by atoms with Gasteiger partial charge in [0.05, 0.1) is 0 Å². The van der Waals surface area contributed by atoms with Crippen LogP contribution in [0.25, 0.3) is 0 Å². The van der Waals surface area contributed by atoms with Crippen molar-refractivity contribution < 1.29 is 14.3 Å². The molecule has 1 fully saturated rings. The van der Waals surface area contributed by atoms with Gasteiger partial charge < -0.3 is 9.64 Å². The summed E-state index contributed by atoms with van der Waals surface area (Å²) < 4.78 is 4.90. The number of rotatable bonds is 4. The van der Waals surface area contributed by atoms with E-state index in [1.807, 2.05) is 13.8 Å². The Kier molecular flexibility index (Phi) is 9.21. The number of ether oxygens (including phenoxy) is 1. The van der Waals surface area contributed by atoms with E-state index in [1.165, 1.54) is 6.92 Å². The molecule has 0 spiro atoms. The van der Waals surface area contributed by atoms with Crippen LogP contribution >= 0.6 is 0 Å². The van der Waals surface area contributed by atoms with Crippen LogP contribution in [0.1, 0.15) is 41.0 Å². The summed E-state index contributed by atoms with van der Waals surface area (Å²) in [5, 5.41) is 0. The Hall–Kier alpha value is -1.10. The van der Waals surface area contributed by atoms with E-state index in [0.717, 1.165) is 39.1 Å². The standard InChI is InChI=1S/C12H22N2O3.C2H6/c1-4-5-13-6-8-14(9-7-13)12(16)10(2)17-11(3)15;1-2/h10H,4-9H2,1-3H3;1-2H3/t10-;/m1./s1. The van der Waals surface area contributed by atoms with Gasteiger partial charge in [0.1, 0.15) is 0 Å². The fourth-order valence-electron chi connectivity index (χ4n) is 2.06. The van der Waals surface area contributed by atoms with Crippen molar-refractivity contribution in [3.63, 3.8) is 0 Å². The molecule has 0 unspecified atom stereocenters. The second-order valence-electron chi connectivity index (χ2n) is 4.42. The second kappa shape index (κ2) is 9.78. The molecule has 5 nitrogen and oxygen atoms in total. The highest BCUT2D eigenvalue weighted by molar-refractivity contribution is 5.83. The number of carbonyl (C=O) groups is 2. The Balaban J connectivity index is 0.00000154. The Labute approximate surface area is 116 Å². The predicted octanol–water partition coefficient (Wildman–Crippen LogP) is 1.52. The van der Waals surface area contributed by atoms with E-state index in [-0.39, 0.29) is 5.91 Å². The SMILES string of the molecule is CC.CCCN1CCN(C(=O)[C@@H](C)OC(C)=O)CC1. The summed E-state index contributed by atoms with van der Waals surface area (Å²) in [5.41, 5.74) is 0. The molecular formula is C14H28N2O3. The molecule has 112 valence electrons. The van der Waals surface area contributed by atoms with Crippen molar-refractivity contribution in [1.29, 1.82) is 0 Å². The lowest BCUT2D eigenvalue weighted by molar-refractivity contribution is -0.158. The van der Waals surface area contributed by atoms with Crippen LogP contribution in [-0.2, 0) is 14.3 Å². The minimum absolute atomic E-state index is 0.0867. The molecule has 19 heavy (non-hydrogen) atoms. The first kappa shape index (κ1) is 17.9. The van der Waals surface area contributed by atoms with Crippen LogP contribution in [0.3, 0.4) is 0 Å². The number of hydrogen-bond donors (Lipinski definition) is 0. The summed E-state index contributed by atoms with van der Waals surface area (Å²) in [6.45, 7) is 13.5. The quantitative estimate of drug-likeness (QED) is 0.728. The molecule has 0 saturated carbocycles. The lowest BCUT2D eigenvalue weighted by atomic mass is 10.2. The topological polar surface area (TPSA) is 49.9 Å². The van der Waals surface area contributed by atoms with Crippen LogP contribution in [0.5, 0.6) is 0 Å². The molecule has 1 aliphatic rings. The van der Waals surface area contributed by atoms with Crippen molar-refractivity contribution in [1.82, 2.24) is 9.80 Å². The summed E-state index contributed by atoms with van der Waals surface area (Å²) in [7, 11) is 0. The van der Waals surface area contributed by atoms with Crippen LogP contribution in [0.4, 0.5) is 0 Å². The van der Waals surface area contributed by atoms with Gasteiger partial charge >= 0.3 is 5.97 Å². The highest BCUT2D eigenvalue weighted by Gasteiger charge is 2.25. The predicted molar refractivity (Wildman–Crippen MR) is 75.9 cm³/mol. The minimum atomic E-state index is -0.662. The Morgan fingerprint density at radius 1 is 1.16 bits per heavy atom. The maximum atomic E-state index is 11.9. The van der Waals surface area contributed by atoms with E-state index in [4.69, 9.17) is 4.74 Å². The van der Waals surface area contributed by atoms with Crippen molar-refractivity contribution in [2.45, 2.75) is 47.1 Å². The van der Waals surface area contributed by atoms with Gasteiger partial charge in [-0.25, -0.2) is 0 Å². The fraction of sp³-hybridized carbons (Fsp3) is 0.857. The minimum Gasteiger partial charge on any atom is -0.453 e. The molecule has 0 radical (unpaired) electrons. The lowest BCUT2D eigenvalue weighted by Crippen LogP contribution is -2.51. The normalized spacial score (nSPS) is 17.2. The highest BCUT2D eigenvalue weighted by atomic mass is 16.5. The van der Waals surface area contributed by atoms with Gasteiger partial charge in [-0.3, -0.25) is 14.5 Å². The number of carbonyl (C=O) groups excluding carboxylic acids is 2. The molecule has 0 aromatic heterocycles. The van der Waals surface area contributed by atoms with Gasteiger partial charge in [-0.1, -0.05) is 20.8 Å². The van der Waals surface area contributed by atoms with Crippen LogP contribution in [-0.4, -0.2) is 60.5 Å². The maximum absolute atomic E-state index is 11.9. The summed E-state index contributed by atoms with van der Waals surface area (Å²) in [6, 6.07) is 0. The number of amides is 1. The van der Waals surface area contributed by atoms with E-state index in [1.54, 1.807) is 11.8 Å². The number of nitrogens with zero attached hydrogens (tertiary/aromatic N) is 2. The van der Waals surface area contributed by atoms with Gasteiger partial charge in [0.15, 0.2) is 6.10 Å². The highest BCUT2D eigenvalue weighted by Crippen LogP contribution is 2.06. The Morgan fingerprint density at radius 2 is 1.68 bits per heavy atom. The van der Waals surface area contributed by atoms with Crippen molar-refractivity contribution in [2.75, 3.05) is 32.7 Å². The summed E-state index contributed by atoms with van der Waals surface area (Å²) in [5.74, 6) is -0.494. The van der Waals surface area contributed by atoms with Crippen LogP contribution in [0.2, 0.25) is 0 Å². The largest absolute Gasteiger partial charge is 0.453 e. The monoisotopic (exact) mass is 272 g/mol. The molecule has 1 amide bonds. The molecule has 0 aliphatic carbocycles. The van der Waals surface area contributed by atoms with Crippen molar-refractivity contribution in [3.8, 4) is 0 Å². The molecule has 1 heterocycles. The van der Waals surface area contributed by atoms with Gasteiger partial charge in [0.2, 0.25) is 0 Å². The smallest absolute Gasteiger partial charge is 0.303 e. The van der Waals surface area contributed by atoms with Crippen molar-refractivity contribution in [2.24, 2.45) is 0 Å². The van der Waals surface area contributed by atoms with Crippen LogP contribution < -0.4 is 0 Å². The lowest BCUT2D eigenvalue weighted by Gasteiger charge is -2.35. The van der Waals surface area contributed by atoms with Crippen molar-refractivity contribution in [3.05, 3.63) is 0 Å². The Morgan fingerprint density at radius 3 is 2.11 bits per heavy atom. The first-order valence-corrected chi connectivity index (χ1v) is 7.23. The average molecular weight is 272 g/mol. The van der Waals surface area contributed by atoms with E-state index < -0.39 is 12.1 Å². The van der Waals surface area contributed by atoms with Gasteiger partial charge in [0.25, 0.3) is 5.91 Å². The summed E-state index contributed by atoms with van der Waals surface area (Å²) in [4.78, 5) is 26.8. The maximum Gasteiger partial charge on any atom is 0.303 e. The molecular weight excluding hydrogens is 244 g/mol. The molecule has 0 N–H and O–H groups in total. The van der Waals surface area contributed by atoms with E-state index in [9.17, 15) is 9.59 Å². The molecule has 0 bridgehead atoms. The second-order valence-corrected chi connectivity index (χ2v) is 4.42. The van der Waals surface area contributed by atoms with E-state index >= 15 is 0 Å². The molecule has 0 aromatic carbocycles. The third kappa shape index (κ3) is 6.57. The summed E-state index contributed by atoms with van der Waals surface area (Å²) in [6.07, 6.45) is 0.475. The first-order chi connectivity index (χ1) is 9.04. The number of piperazine rings is 1. The third-order valence-corrected chi connectivity index (χ3v) is 2.91. The van der Waals surface area contributed by atoms with Gasteiger partial charge in [-0.05, 0) is 19.9 Å². The molecule has 1 aliphatic heterocycles. The van der Waals surface area contributed by atoms with Gasteiger partial charge in [0, 0.05) is 33.1 Å². The van der Waals surface area contributed by atoms with Crippen LogP contribution in [0.15, 0.2) is 0 Å². The average Bonchev–Trinajstić information content (AvgIpc) is 2.41. The molecule has 1 saturated heterocycles. The molecule has 1 atom stereocenters. The Bertz CT molecular complexity index is 274. The summed E-state index contributed by atoms with van der Waals surface area (Å²) >= 11 is 0. The van der Waals surface area contributed by atoms with E-state index in [0.29, 0.717) is 0 Å². The number of esters is 1. The number of hydrogen-bond acceptors (Lipinski definition) is 4. The molecule has 0 aromatic rings. The fourth-order valence-corrected chi connectivity index (χ4v) is 2.06. The van der Waals surface area contributed by atoms with E-state index in [2.05, 4.69) is 11.8 Å².